The lowest BCUT2D eigenvalue weighted by Crippen LogP contribution is -2.44. The van der Waals surface area contributed by atoms with Crippen molar-refractivity contribution in [2.24, 2.45) is 0 Å². The quantitative estimate of drug-likeness (QED) is 0.902. The Kier molecular flexibility index (Phi) is 3.85. The molecule has 1 fully saturated rings. The molecule has 3 rings (SSSR count). The topological polar surface area (TPSA) is 38.7 Å². The van der Waals surface area contributed by atoms with Crippen molar-refractivity contribution < 1.29 is 14.6 Å². The molecule has 3 heteroatoms. The van der Waals surface area contributed by atoms with E-state index in [9.17, 15) is 5.11 Å². The molecule has 0 radical (unpaired) electrons. The molecule has 1 aromatic rings. The number of hydrogen-bond acceptors (Lipinski definition) is 3. The van der Waals surface area contributed by atoms with Gasteiger partial charge in [-0.25, -0.2) is 0 Å². The fourth-order valence-corrected chi connectivity index (χ4v) is 3.80. The smallest absolute Gasteiger partial charge is 0.0855 e. The maximum Gasteiger partial charge on any atom is 0.0855 e. The Bertz CT molecular complexity index is 461. The third kappa shape index (κ3) is 2.90. The molecule has 0 aromatic heterocycles. The van der Waals surface area contributed by atoms with E-state index in [1.807, 2.05) is 13.8 Å². The Morgan fingerprint density at radius 1 is 1.20 bits per heavy atom. The average molecular weight is 276 g/mol. The molecule has 1 saturated heterocycles. The van der Waals surface area contributed by atoms with E-state index in [1.165, 1.54) is 11.1 Å². The highest BCUT2D eigenvalue weighted by molar-refractivity contribution is 5.31. The molecular weight excluding hydrogens is 252 g/mol. The Hall–Kier alpha value is -0.900. The first-order chi connectivity index (χ1) is 9.56. The molecule has 2 heterocycles. The maximum atomic E-state index is 10.9. The predicted molar refractivity (Wildman–Crippen MR) is 77.6 cm³/mol. The fraction of sp³-hybridized carbons (Fsp3) is 0.647. The Labute approximate surface area is 120 Å². The van der Waals surface area contributed by atoms with Gasteiger partial charge in [0.1, 0.15) is 0 Å². The highest BCUT2D eigenvalue weighted by Crippen LogP contribution is 2.39. The second kappa shape index (κ2) is 5.47. The van der Waals surface area contributed by atoms with Gasteiger partial charge in [-0.3, -0.25) is 0 Å². The van der Waals surface area contributed by atoms with Crippen molar-refractivity contribution in [1.29, 1.82) is 0 Å². The van der Waals surface area contributed by atoms with E-state index in [2.05, 4.69) is 24.3 Å². The zero-order chi connectivity index (χ0) is 14.2. The molecule has 110 valence electrons. The summed E-state index contributed by atoms with van der Waals surface area (Å²) in [6.07, 6.45) is 3.27. The second-order valence-corrected chi connectivity index (χ2v) is 6.40. The summed E-state index contributed by atoms with van der Waals surface area (Å²) in [7, 11) is 0. The number of aliphatic hydroxyl groups is 1. The molecule has 3 atom stereocenters. The van der Waals surface area contributed by atoms with Gasteiger partial charge in [-0.15, -0.1) is 0 Å². The zero-order valence-corrected chi connectivity index (χ0v) is 12.3. The van der Waals surface area contributed by atoms with Crippen molar-refractivity contribution in [3.05, 3.63) is 35.4 Å². The molecular formula is C17H24O3. The first-order valence-electron chi connectivity index (χ1n) is 7.63. The summed E-state index contributed by atoms with van der Waals surface area (Å²) in [6.45, 7) is 4.83. The van der Waals surface area contributed by atoms with Crippen LogP contribution in [0.1, 0.15) is 50.3 Å². The maximum absolute atomic E-state index is 10.9. The first kappa shape index (κ1) is 14.1. The van der Waals surface area contributed by atoms with Crippen LogP contribution in [0.15, 0.2) is 24.3 Å². The van der Waals surface area contributed by atoms with E-state index in [0.717, 1.165) is 13.0 Å². The molecule has 1 aromatic carbocycles. The summed E-state index contributed by atoms with van der Waals surface area (Å²) in [4.78, 5) is 0. The Balaban J connectivity index is 1.78. The van der Waals surface area contributed by atoms with Gasteiger partial charge < -0.3 is 14.6 Å². The van der Waals surface area contributed by atoms with Crippen LogP contribution in [-0.4, -0.2) is 29.5 Å². The van der Waals surface area contributed by atoms with Gasteiger partial charge in [-0.2, -0.15) is 0 Å². The summed E-state index contributed by atoms with van der Waals surface area (Å²) in [5.74, 6) is 0. The molecule has 3 unspecified atom stereocenters. The summed E-state index contributed by atoms with van der Waals surface area (Å²) >= 11 is 0. The minimum absolute atomic E-state index is 0.0162. The normalized spacial score (nSPS) is 37.5. The molecule has 3 nitrogen and oxygen atoms in total. The molecule has 0 saturated carbocycles. The van der Waals surface area contributed by atoms with Crippen molar-refractivity contribution in [1.82, 2.24) is 0 Å². The van der Waals surface area contributed by atoms with Gasteiger partial charge >= 0.3 is 0 Å². The summed E-state index contributed by atoms with van der Waals surface area (Å²) < 4.78 is 11.7. The highest BCUT2D eigenvalue weighted by Gasteiger charge is 2.40. The van der Waals surface area contributed by atoms with Crippen molar-refractivity contribution in [3.8, 4) is 0 Å². The minimum Gasteiger partial charge on any atom is -0.390 e. The van der Waals surface area contributed by atoms with E-state index in [0.29, 0.717) is 19.3 Å². The van der Waals surface area contributed by atoms with Gasteiger partial charge in [0, 0.05) is 19.3 Å². The van der Waals surface area contributed by atoms with Crippen molar-refractivity contribution in [2.75, 3.05) is 6.61 Å². The lowest BCUT2D eigenvalue weighted by atomic mass is 9.80. The van der Waals surface area contributed by atoms with Crippen LogP contribution in [0.3, 0.4) is 0 Å². The molecule has 0 bridgehead atoms. The number of hydrogen-bond donors (Lipinski definition) is 1. The van der Waals surface area contributed by atoms with Gasteiger partial charge in [0.25, 0.3) is 0 Å². The molecule has 2 aliphatic rings. The van der Waals surface area contributed by atoms with Crippen molar-refractivity contribution >= 4 is 0 Å². The lowest BCUT2D eigenvalue weighted by Gasteiger charge is -2.41. The van der Waals surface area contributed by atoms with Gasteiger partial charge in [0.15, 0.2) is 0 Å². The van der Waals surface area contributed by atoms with E-state index >= 15 is 0 Å². The van der Waals surface area contributed by atoms with Crippen LogP contribution in [0.25, 0.3) is 0 Å². The number of rotatable bonds is 2. The van der Waals surface area contributed by atoms with Crippen molar-refractivity contribution in [3.63, 3.8) is 0 Å². The van der Waals surface area contributed by atoms with Crippen LogP contribution < -0.4 is 0 Å². The first-order valence-corrected chi connectivity index (χ1v) is 7.63. The number of ether oxygens (including phenoxy) is 2. The lowest BCUT2D eigenvalue weighted by molar-refractivity contribution is -0.150. The minimum atomic E-state index is -0.674. The SMILES string of the molecule is CC1CC(O)(CC2OCCc3ccccc32)CC(C)O1. The molecule has 0 amide bonds. The standard InChI is InChI=1S/C17H24O3/c1-12-9-17(18,10-13(2)20-12)11-16-15-6-4-3-5-14(15)7-8-19-16/h3-6,12-13,16,18H,7-11H2,1-2H3. The van der Waals surface area contributed by atoms with Gasteiger partial charge in [0.05, 0.1) is 30.5 Å². The van der Waals surface area contributed by atoms with E-state index in [-0.39, 0.29) is 18.3 Å². The Morgan fingerprint density at radius 3 is 2.65 bits per heavy atom. The monoisotopic (exact) mass is 276 g/mol. The van der Waals surface area contributed by atoms with E-state index in [4.69, 9.17) is 9.47 Å². The van der Waals surface area contributed by atoms with Crippen molar-refractivity contribution in [2.45, 2.75) is 63.4 Å². The third-order valence-corrected chi connectivity index (χ3v) is 4.46. The van der Waals surface area contributed by atoms with Gasteiger partial charge in [0.2, 0.25) is 0 Å². The summed E-state index contributed by atoms with van der Waals surface area (Å²) in [5.41, 5.74) is 1.94. The van der Waals surface area contributed by atoms with E-state index < -0.39 is 5.60 Å². The van der Waals surface area contributed by atoms with Crippen LogP contribution in [0.4, 0.5) is 0 Å². The molecule has 0 aliphatic carbocycles. The van der Waals surface area contributed by atoms with Gasteiger partial charge in [-0.1, -0.05) is 24.3 Å². The molecule has 2 aliphatic heterocycles. The largest absolute Gasteiger partial charge is 0.390 e. The van der Waals surface area contributed by atoms with Crippen LogP contribution in [-0.2, 0) is 15.9 Å². The zero-order valence-electron chi connectivity index (χ0n) is 12.3. The van der Waals surface area contributed by atoms with Crippen LogP contribution >= 0.6 is 0 Å². The van der Waals surface area contributed by atoms with Crippen LogP contribution in [0.2, 0.25) is 0 Å². The van der Waals surface area contributed by atoms with Crippen LogP contribution in [0.5, 0.6) is 0 Å². The number of fused-ring (bicyclic) bond motifs is 1. The average Bonchev–Trinajstić information content (AvgIpc) is 2.37. The Morgan fingerprint density at radius 2 is 1.90 bits per heavy atom. The second-order valence-electron chi connectivity index (χ2n) is 6.40. The van der Waals surface area contributed by atoms with Crippen LogP contribution in [0, 0.1) is 0 Å². The predicted octanol–water partition coefficient (Wildman–Crippen LogP) is 3.01. The summed E-state index contributed by atoms with van der Waals surface area (Å²) in [5, 5.41) is 10.9. The summed E-state index contributed by atoms with van der Waals surface area (Å²) in [6, 6.07) is 8.44. The number of benzene rings is 1. The van der Waals surface area contributed by atoms with E-state index in [1.54, 1.807) is 0 Å². The van der Waals surface area contributed by atoms with Gasteiger partial charge in [-0.05, 0) is 31.4 Å². The molecule has 1 N–H and O–H groups in total. The molecule has 20 heavy (non-hydrogen) atoms. The highest BCUT2D eigenvalue weighted by atomic mass is 16.5. The third-order valence-electron chi connectivity index (χ3n) is 4.46. The fourth-order valence-electron chi connectivity index (χ4n) is 3.80. The molecule has 0 spiro atoms.